The van der Waals surface area contributed by atoms with Gasteiger partial charge >= 0.3 is 0 Å². The van der Waals surface area contributed by atoms with Gasteiger partial charge in [-0.15, -0.1) is 0 Å². The van der Waals surface area contributed by atoms with Gasteiger partial charge < -0.3 is 0 Å². The molecule has 0 saturated heterocycles. The van der Waals surface area contributed by atoms with E-state index < -0.39 is 0 Å². The highest BCUT2D eigenvalue weighted by atomic mass is 32.2. The predicted octanol–water partition coefficient (Wildman–Crippen LogP) is 2.92. The number of benzene rings is 1. The summed E-state index contributed by atoms with van der Waals surface area (Å²) in [7, 11) is 0. The number of nitrogens with zero attached hydrogens (tertiary/aromatic N) is 2. The molecule has 1 aliphatic rings. The lowest BCUT2D eigenvalue weighted by Gasteiger charge is -2.01. The third kappa shape index (κ3) is 2.93. The van der Waals surface area contributed by atoms with Crippen LogP contribution in [0, 0.1) is 0 Å². The summed E-state index contributed by atoms with van der Waals surface area (Å²) in [6.45, 7) is 2.92. The van der Waals surface area contributed by atoms with Crippen LogP contribution in [0.4, 0.5) is 0 Å². The van der Waals surface area contributed by atoms with Crippen LogP contribution in [-0.2, 0) is 12.2 Å². The van der Waals surface area contributed by atoms with Gasteiger partial charge in [0.25, 0.3) is 0 Å². The van der Waals surface area contributed by atoms with E-state index in [1.54, 1.807) is 11.8 Å². The van der Waals surface area contributed by atoms with Crippen LogP contribution in [0.2, 0.25) is 0 Å². The fraction of sp³-hybridized carbons (Fsp3) is 0.333. The first-order valence-electron chi connectivity index (χ1n) is 5.16. The van der Waals surface area contributed by atoms with Crippen molar-refractivity contribution in [2.24, 2.45) is 9.98 Å². The number of aliphatic imine (C=N–C) groups is 2. The molecule has 3 heteroatoms. The summed E-state index contributed by atoms with van der Waals surface area (Å²) in [6.07, 6.45) is 2.95. The molecule has 0 aromatic heterocycles. The molecule has 0 fully saturated rings. The Balaban J connectivity index is 1.90. The summed E-state index contributed by atoms with van der Waals surface area (Å²) in [6, 6.07) is 8.75. The van der Waals surface area contributed by atoms with Crippen molar-refractivity contribution in [3.8, 4) is 0 Å². The van der Waals surface area contributed by atoms with Crippen molar-refractivity contribution in [2.75, 3.05) is 6.54 Å². The number of hydrogen-bond acceptors (Lipinski definition) is 3. The smallest absolute Gasteiger partial charge is 0.183 e. The van der Waals surface area contributed by atoms with Crippen molar-refractivity contribution in [1.29, 1.82) is 0 Å². The minimum Gasteiger partial charge on any atom is -0.255 e. The van der Waals surface area contributed by atoms with Crippen molar-refractivity contribution in [3.05, 3.63) is 35.4 Å². The number of thioether (sulfide) groups is 1. The van der Waals surface area contributed by atoms with E-state index in [1.807, 2.05) is 6.21 Å². The molecule has 0 saturated carbocycles. The van der Waals surface area contributed by atoms with Gasteiger partial charge in [0.2, 0.25) is 0 Å². The summed E-state index contributed by atoms with van der Waals surface area (Å²) in [4.78, 5) is 8.41. The van der Waals surface area contributed by atoms with Gasteiger partial charge in [0.05, 0.1) is 6.54 Å². The van der Waals surface area contributed by atoms with Crippen LogP contribution in [-0.4, -0.2) is 17.9 Å². The highest BCUT2D eigenvalue weighted by Gasteiger charge is 2.02. The maximum absolute atomic E-state index is 4.24. The van der Waals surface area contributed by atoms with Gasteiger partial charge in [0, 0.05) is 12.0 Å². The van der Waals surface area contributed by atoms with Crippen LogP contribution >= 0.6 is 11.8 Å². The Kier molecular flexibility index (Phi) is 3.56. The summed E-state index contributed by atoms with van der Waals surface area (Å²) in [5.74, 6) is 0.958. The van der Waals surface area contributed by atoms with Crippen LogP contribution in [0.5, 0.6) is 0 Å². The summed E-state index contributed by atoms with van der Waals surface area (Å²) in [5.41, 5.74) is 2.72. The molecule has 0 unspecified atom stereocenters. The highest BCUT2D eigenvalue weighted by molar-refractivity contribution is 8.13. The molecule has 0 aliphatic carbocycles. The molecule has 0 radical (unpaired) electrons. The third-order valence-electron chi connectivity index (χ3n) is 2.31. The SMILES string of the molecule is CCc1ccc(CSC2=NCC=N2)cc1. The monoisotopic (exact) mass is 218 g/mol. The fourth-order valence-corrected chi connectivity index (χ4v) is 2.18. The highest BCUT2D eigenvalue weighted by Crippen LogP contribution is 2.16. The van der Waals surface area contributed by atoms with E-state index in [1.165, 1.54) is 11.1 Å². The molecule has 1 aromatic rings. The Labute approximate surface area is 94.5 Å². The molecular weight excluding hydrogens is 204 g/mol. The number of hydrogen-bond donors (Lipinski definition) is 0. The number of aryl methyl sites for hydroxylation is 1. The van der Waals surface area contributed by atoms with Crippen molar-refractivity contribution in [1.82, 2.24) is 0 Å². The van der Waals surface area contributed by atoms with E-state index in [2.05, 4.69) is 41.2 Å². The zero-order valence-electron chi connectivity index (χ0n) is 8.81. The lowest BCUT2D eigenvalue weighted by Crippen LogP contribution is -1.87. The second kappa shape index (κ2) is 5.12. The summed E-state index contributed by atoms with van der Waals surface area (Å²) >= 11 is 1.70. The lowest BCUT2D eigenvalue weighted by atomic mass is 10.1. The average molecular weight is 218 g/mol. The van der Waals surface area contributed by atoms with Gasteiger partial charge in [-0.05, 0) is 17.5 Å². The van der Waals surface area contributed by atoms with Gasteiger partial charge in [-0.1, -0.05) is 43.0 Å². The van der Waals surface area contributed by atoms with Gasteiger partial charge in [-0.25, -0.2) is 4.99 Å². The minimum absolute atomic E-state index is 0.747. The standard InChI is InChI=1S/C12H14N2S/c1-2-10-3-5-11(6-4-10)9-15-12-13-7-8-14-12/h3-7H,2,8-9H2,1H3. The second-order valence-electron chi connectivity index (χ2n) is 3.39. The molecule has 0 N–H and O–H groups in total. The molecular formula is C12H14N2S. The van der Waals surface area contributed by atoms with Crippen molar-refractivity contribution in [2.45, 2.75) is 19.1 Å². The Morgan fingerprint density at radius 1 is 1.20 bits per heavy atom. The Hall–Kier alpha value is -1.09. The fourth-order valence-electron chi connectivity index (χ4n) is 1.38. The minimum atomic E-state index is 0.747. The van der Waals surface area contributed by atoms with Crippen LogP contribution in [0.1, 0.15) is 18.1 Å². The zero-order valence-corrected chi connectivity index (χ0v) is 9.63. The molecule has 1 aromatic carbocycles. The first kappa shape index (κ1) is 10.4. The number of amidine groups is 1. The van der Waals surface area contributed by atoms with Crippen LogP contribution < -0.4 is 0 Å². The Morgan fingerprint density at radius 3 is 2.53 bits per heavy atom. The third-order valence-corrected chi connectivity index (χ3v) is 3.28. The van der Waals surface area contributed by atoms with E-state index in [0.717, 1.165) is 23.9 Å². The van der Waals surface area contributed by atoms with Crippen LogP contribution in [0.15, 0.2) is 34.3 Å². The van der Waals surface area contributed by atoms with E-state index in [0.29, 0.717) is 0 Å². The molecule has 0 bridgehead atoms. The molecule has 15 heavy (non-hydrogen) atoms. The molecule has 0 amide bonds. The van der Waals surface area contributed by atoms with Gasteiger partial charge in [0.15, 0.2) is 5.17 Å². The maximum Gasteiger partial charge on any atom is 0.183 e. The van der Waals surface area contributed by atoms with Gasteiger partial charge in [0.1, 0.15) is 0 Å². The first-order valence-corrected chi connectivity index (χ1v) is 6.14. The van der Waals surface area contributed by atoms with E-state index in [9.17, 15) is 0 Å². The Morgan fingerprint density at radius 2 is 1.93 bits per heavy atom. The van der Waals surface area contributed by atoms with Gasteiger partial charge in [-0.3, -0.25) is 4.99 Å². The van der Waals surface area contributed by atoms with Crippen molar-refractivity contribution in [3.63, 3.8) is 0 Å². The molecule has 2 rings (SSSR count). The molecule has 0 atom stereocenters. The first-order chi connectivity index (χ1) is 7.38. The van der Waals surface area contributed by atoms with E-state index in [-0.39, 0.29) is 0 Å². The summed E-state index contributed by atoms with van der Waals surface area (Å²) in [5, 5.41) is 0.912. The van der Waals surface area contributed by atoms with Crippen molar-refractivity contribution < 1.29 is 0 Å². The number of rotatable bonds is 3. The maximum atomic E-state index is 4.24. The average Bonchev–Trinajstić information content (AvgIpc) is 2.80. The molecule has 2 nitrogen and oxygen atoms in total. The van der Waals surface area contributed by atoms with E-state index in [4.69, 9.17) is 0 Å². The second-order valence-corrected chi connectivity index (χ2v) is 4.34. The largest absolute Gasteiger partial charge is 0.255 e. The molecule has 78 valence electrons. The van der Waals surface area contributed by atoms with Gasteiger partial charge in [-0.2, -0.15) is 0 Å². The Bertz CT molecular complexity index is 379. The predicted molar refractivity (Wildman–Crippen MR) is 67.9 cm³/mol. The van der Waals surface area contributed by atoms with Crippen LogP contribution in [0.3, 0.4) is 0 Å². The summed E-state index contributed by atoms with van der Waals surface area (Å²) < 4.78 is 0. The zero-order chi connectivity index (χ0) is 10.5. The lowest BCUT2D eigenvalue weighted by molar-refractivity contribution is 1.13. The quantitative estimate of drug-likeness (QED) is 0.765. The molecule has 0 spiro atoms. The molecule has 1 heterocycles. The normalized spacial score (nSPS) is 14.3. The van der Waals surface area contributed by atoms with Crippen LogP contribution in [0.25, 0.3) is 0 Å². The van der Waals surface area contributed by atoms with Crippen molar-refractivity contribution >= 4 is 23.1 Å². The topological polar surface area (TPSA) is 24.7 Å². The van der Waals surface area contributed by atoms with E-state index >= 15 is 0 Å². The molecule has 1 aliphatic heterocycles.